The molecule has 268 valence electrons. The molecule has 0 aliphatic heterocycles. The van der Waals surface area contributed by atoms with Crippen molar-refractivity contribution in [1.29, 1.82) is 0 Å². The molecule has 0 fully saturated rings. The van der Waals surface area contributed by atoms with Crippen LogP contribution in [0.4, 0.5) is 0 Å². The van der Waals surface area contributed by atoms with Crippen LogP contribution in [0.5, 0.6) is 0 Å². The Morgan fingerprint density at radius 1 is 0.263 bits per heavy atom. The fraction of sp³-hybridized carbons (Fsp3) is 0.0526. The van der Waals surface area contributed by atoms with Crippen molar-refractivity contribution >= 4 is 32.3 Å². The summed E-state index contributed by atoms with van der Waals surface area (Å²) >= 11 is 0. The summed E-state index contributed by atoms with van der Waals surface area (Å²) in [6.45, 7) is 4.75. The smallest absolute Gasteiger partial charge is 0.0159 e. The highest BCUT2D eigenvalue weighted by atomic mass is 14.4. The van der Waals surface area contributed by atoms with Gasteiger partial charge in [-0.15, -0.1) is 0 Å². The van der Waals surface area contributed by atoms with Crippen LogP contribution in [0.25, 0.3) is 99.1 Å². The number of fused-ring (bicyclic) bond motifs is 6. The molecule has 0 atom stereocenters. The summed E-state index contributed by atoms with van der Waals surface area (Å²) in [5.74, 6) is 0. The number of benzene rings is 10. The molecule has 11 rings (SSSR count). The highest BCUT2D eigenvalue weighted by Crippen LogP contribution is 2.55. The van der Waals surface area contributed by atoms with Gasteiger partial charge in [0.2, 0.25) is 0 Å². The summed E-state index contributed by atoms with van der Waals surface area (Å²) in [6.07, 6.45) is 0. The average molecular weight is 725 g/mol. The van der Waals surface area contributed by atoms with Crippen LogP contribution in [0.1, 0.15) is 25.0 Å². The molecule has 10 aromatic rings. The molecule has 0 spiro atoms. The zero-order chi connectivity index (χ0) is 38.1. The third-order valence-corrected chi connectivity index (χ3v) is 12.5. The molecule has 0 aromatic heterocycles. The molecular formula is C57H40. The van der Waals surface area contributed by atoms with E-state index < -0.39 is 0 Å². The number of hydrogen-bond acceptors (Lipinski definition) is 0. The molecule has 0 amide bonds. The van der Waals surface area contributed by atoms with Crippen molar-refractivity contribution in [3.63, 3.8) is 0 Å². The molecule has 0 N–H and O–H groups in total. The quantitative estimate of drug-likeness (QED) is 0.155. The van der Waals surface area contributed by atoms with Crippen molar-refractivity contribution in [3.8, 4) is 66.8 Å². The van der Waals surface area contributed by atoms with Gasteiger partial charge in [-0.3, -0.25) is 0 Å². The Labute approximate surface area is 334 Å². The Hall–Kier alpha value is -7.02. The van der Waals surface area contributed by atoms with Crippen molar-refractivity contribution in [2.75, 3.05) is 0 Å². The molecule has 0 radical (unpaired) electrons. The highest BCUT2D eigenvalue weighted by molar-refractivity contribution is 6.23. The Bertz CT molecular complexity index is 3180. The van der Waals surface area contributed by atoms with Crippen molar-refractivity contribution in [3.05, 3.63) is 217 Å². The van der Waals surface area contributed by atoms with Gasteiger partial charge in [-0.05, 0) is 128 Å². The van der Waals surface area contributed by atoms with Crippen LogP contribution in [0.3, 0.4) is 0 Å². The maximum Gasteiger partial charge on any atom is 0.0159 e. The summed E-state index contributed by atoms with van der Waals surface area (Å²) in [7, 11) is 0. The Morgan fingerprint density at radius 2 is 0.825 bits per heavy atom. The minimum Gasteiger partial charge on any atom is -0.0622 e. The van der Waals surface area contributed by atoms with Crippen LogP contribution in [0.2, 0.25) is 0 Å². The molecular weight excluding hydrogens is 685 g/mol. The van der Waals surface area contributed by atoms with Gasteiger partial charge in [0.15, 0.2) is 0 Å². The summed E-state index contributed by atoms with van der Waals surface area (Å²) in [5.41, 5.74) is 17.8. The fourth-order valence-corrected chi connectivity index (χ4v) is 9.72. The minimum atomic E-state index is -0.0991. The summed E-state index contributed by atoms with van der Waals surface area (Å²) in [4.78, 5) is 0. The van der Waals surface area contributed by atoms with Crippen LogP contribution in [-0.2, 0) is 5.41 Å². The predicted octanol–water partition coefficient (Wildman–Crippen LogP) is 15.8. The molecule has 1 aliphatic carbocycles. The Kier molecular flexibility index (Phi) is 7.63. The van der Waals surface area contributed by atoms with Crippen molar-refractivity contribution in [2.24, 2.45) is 0 Å². The lowest BCUT2D eigenvalue weighted by atomic mass is 9.80. The van der Waals surface area contributed by atoms with E-state index in [1.165, 1.54) is 110 Å². The minimum absolute atomic E-state index is 0.0991. The van der Waals surface area contributed by atoms with Gasteiger partial charge in [0, 0.05) is 5.41 Å². The van der Waals surface area contributed by atoms with E-state index in [0.29, 0.717) is 0 Å². The topological polar surface area (TPSA) is 0 Å². The first-order valence-electron chi connectivity index (χ1n) is 20.0. The molecule has 0 heteroatoms. The molecule has 0 saturated heterocycles. The van der Waals surface area contributed by atoms with E-state index in [-0.39, 0.29) is 5.41 Å². The standard InChI is InChI=1S/C57H40/c1-57(2)52-26-14-13-24-48(52)56-49(25-15-27-53(56)57)55-46-23-12-11-22-45(46)54(47-33-30-42(35-51(47)55)41-29-28-37-16-9-10-21-40(37)34-41)43-31-32-44(38-17-5-3-6-18-38)50(36-43)39-19-7-4-8-20-39/h3-36H,1-2H3. The van der Waals surface area contributed by atoms with Gasteiger partial charge < -0.3 is 0 Å². The molecule has 0 saturated carbocycles. The van der Waals surface area contributed by atoms with Crippen LogP contribution in [0.15, 0.2) is 206 Å². The molecule has 0 bridgehead atoms. The summed E-state index contributed by atoms with van der Waals surface area (Å²) < 4.78 is 0. The lowest BCUT2D eigenvalue weighted by Gasteiger charge is -2.23. The second kappa shape index (κ2) is 13.0. The van der Waals surface area contributed by atoms with E-state index in [4.69, 9.17) is 0 Å². The molecule has 57 heavy (non-hydrogen) atoms. The van der Waals surface area contributed by atoms with Gasteiger partial charge >= 0.3 is 0 Å². The normalized spacial score (nSPS) is 12.9. The van der Waals surface area contributed by atoms with Gasteiger partial charge in [-0.1, -0.05) is 202 Å². The maximum absolute atomic E-state index is 2.46. The van der Waals surface area contributed by atoms with E-state index in [1.807, 2.05) is 0 Å². The largest absolute Gasteiger partial charge is 0.0622 e. The van der Waals surface area contributed by atoms with Crippen molar-refractivity contribution < 1.29 is 0 Å². The molecule has 0 unspecified atom stereocenters. The Balaban J connectivity index is 1.25. The third kappa shape index (κ3) is 5.29. The van der Waals surface area contributed by atoms with Gasteiger partial charge in [0.05, 0.1) is 0 Å². The first kappa shape index (κ1) is 33.3. The average Bonchev–Trinajstić information content (AvgIpc) is 3.51. The fourth-order valence-electron chi connectivity index (χ4n) is 9.72. The zero-order valence-corrected chi connectivity index (χ0v) is 32.1. The molecule has 1 aliphatic rings. The van der Waals surface area contributed by atoms with Gasteiger partial charge in [-0.25, -0.2) is 0 Å². The lowest BCUT2D eigenvalue weighted by molar-refractivity contribution is 0.660. The van der Waals surface area contributed by atoms with Gasteiger partial charge in [0.1, 0.15) is 0 Å². The van der Waals surface area contributed by atoms with Crippen LogP contribution < -0.4 is 0 Å². The van der Waals surface area contributed by atoms with Crippen molar-refractivity contribution in [2.45, 2.75) is 19.3 Å². The van der Waals surface area contributed by atoms with Crippen LogP contribution >= 0.6 is 0 Å². The first-order valence-corrected chi connectivity index (χ1v) is 20.0. The molecule has 10 aromatic carbocycles. The second-order valence-corrected chi connectivity index (χ2v) is 16.0. The third-order valence-electron chi connectivity index (χ3n) is 12.5. The highest BCUT2D eigenvalue weighted by Gasteiger charge is 2.37. The zero-order valence-electron chi connectivity index (χ0n) is 32.1. The molecule has 0 nitrogen and oxygen atoms in total. The van der Waals surface area contributed by atoms with Crippen LogP contribution in [0, 0.1) is 0 Å². The Morgan fingerprint density at radius 3 is 1.61 bits per heavy atom. The molecule has 0 heterocycles. The predicted molar refractivity (Wildman–Crippen MR) is 244 cm³/mol. The SMILES string of the molecule is CC1(C)c2ccccc2-c2c(-c3c4ccccc4c(-c4ccc(-c5ccccc5)c(-c5ccccc5)c4)c4ccc(-c5ccc6ccccc6c5)cc34)cccc21. The van der Waals surface area contributed by atoms with E-state index >= 15 is 0 Å². The first-order chi connectivity index (χ1) is 28.0. The lowest BCUT2D eigenvalue weighted by Crippen LogP contribution is -2.14. The summed E-state index contributed by atoms with van der Waals surface area (Å²) in [6, 6.07) is 76.5. The maximum atomic E-state index is 2.46. The monoisotopic (exact) mass is 724 g/mol. The van der Waals surface area contributed by atoms with Crippen LogP contribution in [-0.4, -0.2) is 0 Å². The van der Waals surface area contributed by atoms with Gasteiger partial charge in [0.25, 0.3) is 0 Å². The summed E-state index contributed by atoms with van der Waals surface area (Å²) in [5, 5.41) is 7.54. The van der Waals surface area contributed by atoms with E-state index in [9.17, 15) is 0 Å². The van der Waals surface area contributed by atoms with E-state index in [2.05, 4.69) is 220 Å². The number of hydrogen-bond donors (Lipinski definition) is 0. The van der Waals surface area contributed by atoms with E-state index in [1.54, 1.807) is 0 Å². The second-order valence-electron chi connectivity index (χ2n) is 16.0. The number of rotatable bonds is 5. The van der Waals surface area contributed by atoms with Crippen molar-refractivity contribution in [1.82, 2.24) is 0 Å². The van der Waals surface area contributed by atoms with E-state index in [0.717, 1.165) is 0 Å². The van der Waals surface area contributed by atoms with Gasteiger partial charge in [-0.2, -0.15) is 0 Å².